The molecule has 3 nitrogen and oxygen atoms in total. The van der Waals surface area contributed by atoms with Crippen LogP contribution < -0.4 is 0 Å². The first-order valence-electron chi connectivity index (χ1n) is 7.16. The van der Waals surface area contributed by atoms with Crippen molar-refractivity contribution in [3.63, 3.8) is 0 Å². The van der Waals surface area contributed by atoms with Crippen LogP contribution in [0, 0.1) is 6.92 Å². The summed E-state index contributed by atoms with van der Waals surface area (Å²) in [4.78, 5) is 0.209. The molecule has 0 spiro atoms. The van der Waals surface area contributed by atoms with Gasteiger partial charge in [0.1, 0.15) is 0 Å². The second-order valence-electron chi connectivity index (χ2n) is 6.39. The Labute approximate surface area is 132 Å². The van der Waals surface area contributed by atoms with Crippen molar-refractivity contribution in [1.82, 2.24) is 0 Å². The van der Waals surface area contributed by atoms with E-state index < -0.39 is 10.0 Å². The Bertz CT molecular complexity index is 765. The molecule has 0 fully saturated rings. The maximum atomic E-state index is 12.1. The summed E-state index contributed by atoms with van der Waals surface area (Å²) in [6.07, 6.45) is 1.39. The van der Waals surface area contributed by atoms with Crippen LogP contribution in [0.2, 0.25) is 0 Å². The molecule has 4 heteroatoms. The number of hydrogen-bond acceptors (Lipinski definition) is 2. The van der Waals surface area contributed by atoms with Gasteiger partial charge in [-0.3, -0.25) is 0 Å². The van der Waals surface area contributed by atoms with Gasteiger partial charge in [-0.2, -0.15) is 12.8 Å². The topological polar surface area (TPSA) is 46.5 Å². The summed E-state index contributed by atoms with van der Waals surface area (Å²) >= 11 is 0. The van der Waals surface area contributed by atoms with E-state index in [4.69, 9.17) is 0 Å². The molecule has 0 aliphatic carbocycles. The van der Waals surface area contributed by atoms with Crippen molar-refractivity contribution in [1.29, 1.82) is 0 Å². The Balaban J connectivity index is 2.22. The number of aryl methyl sites for hydroxylation is 1. The molecule has 0 aromatic heterocycles. The van der Waals surface area contributed by atoms with Gasteiger partial charge in [-0.1, -0.05) is 62.7 Å². The summed E-state index contributed by atoms with van der Waals surface area (Å²) in [5, 5.41) is 0. The van der Waals surface area contributed by atoms with Crippen molar-refractivity contribution in [2.24, 2.45) is 4.40 Å². The van der Waals surface area contributed by atoms with Crippen LogP contribution in [0.25, 0.3) is 0 Å². The number of benzene rings is 2. The average Bonchev–Trinajstić information content (AvgIpc) is 2.45. The number of rotatable bonds is 3. The predicted molar refractivity (Wildman–Crippen MR) is 91.1 cm³/mol. The summed E-state index contributed by atoms with van der Waals surface area (Å²) in [6, 6.07) is 14.4. The second-order valence-corrected chi connectivity index (χ2v) is 8.03. The molecule has 0 aliphatic rings. The Hall–Kier alpha value is -1.94. The minimum atomic E-state index is -3.64. The fraction of sp³-hybridized carbons (Fsp3) is 0.278. The van der Waals surface area contributed by atoms with Crippen molar-refractivity contribution in [2.75, 3.05) is 0 Å². The third-order valence-electron chi connectivity index (χ3n) is 3.44. The molecule has 0 N–H and O–H groups in total. The summed E-state index contributed by atoms with van der Waals surface area (Å²) < 4.78 is 28.1. The predicted octanol–water partition coefficient (Wildman–Crippen LogP) is 4.10. The molecule has 2 aromatic rings. The minimum absolute atomic E-state index is 0.0731. The van der Waals surface area contributed by atoms with Crippen molar-refractivity contribution < 1.29 is 8.42 Å². The first kappa shape index (κ1) is 16.4. The SMILES string of the molecule is Cc1ccc(S(=O)(=O)N=Cc2ccc(C(C)(C)C)cc2)cc1. The standard InChI is InChI=1S/C18H21NO2S/c1-14-5-11-17(12-6-14)22(20,21)19-13-15-7-9-16(10-8-15)18(2,3)4/h5-13H,1-4H3. The lowest BCUT2D eigenvalue weighted by Crippen LogP contribution is -2.10. The van der Waals surface area contributed by atoms with Crippen LogP contribution in [-0.2, 0) is 15.4 Å². The molecule has 0 bridgehead atoms. The summed E-state index contributed by atoms with van der Waals surface area (Å²) in [5.41, 5.74) is 3.05. The van der Waals surface area contributed by atoms with Gasteiger partial charge in [0.25, 0.3) is 10.0 Å². The normalized spacial score (nSPS) is 12.7. The van der Waals surface area contributed by atoms with Gasteiger partial charge in [0.2, 0.25) is 0 Å². The fourth-order valence-corrected chi connectivity index (χ4v) is 2.83. The van der Waals surface area contributed by atoms with Crippen LogP contribution in [0.4, 0.5) is 0 Å². The number of hydrogen-bond donors (Lipinski definition) is 0. The molecule has 116 valence electrons. The zero-order valence-electron chi connectivity index (χ0n) is 13.4. The first-order chi connectivity index (χ1) is 10.2. The van der Waals surface area contributed by atoms with E-state index in [1.165, 1.54) is 11.8 Å². The molecule has 0 saturated heterocycles. The van der Waals surface area contributed by atoms with E-state index in [2.05, 4.69) is 25.2 Å². The van der Waals surface area contributed by atoms with Crippen LogP contribution in [0.15, 0.2) is 57.8 Å². The van der Waals surface area contributed by atoms with Crippen molar-refractivity contribution in [2.45, 2.75) is 38.0 Å². The monoisotopic (exact) mass is 315 g/mol. The highest BCUT2D eigenvalue weighted by Crippen LogP contribution is 2.22. The third-order valence-corrected chi connectivity index (χ3v) is 4.69. The maximum absolute atomic E-state index is 12.1. The highest BCUT2D eigenvalue weighted by molar-refractivity contribution is 7.90. The van der Waals surface area contributed by atoms with E-state index in [-0.39, 0.29) is 10.3 Å². The van der Waals surface area contributed by atoms with Gasteiger partial charge in [0.05, 0.1) is 4.90 Å². The number of sulfonamides is 1. The Kier molecular flexibility index (Phi) is 4.52. The minimum Gasteiger partial charge on any atom is -0.199 e. The van der Waals surface area contributed by atoms with Crippen LogP contribution in [0.5, 0.6) is 0 Å². The van der Waals surface area contributed by atoms with Gasteiger partial charge in [0, 0.05) is 6.21 Å². The lowest BCUT2D eigenvalue weighted by Gasteiger charge is -2.18. The second kappa shape index (κ2) is 6.05. The molecule has 0 amide bonds. The molecule has 2 aromatic carbocycles. The van der Waals surface area contributed by atoms with Crippen LogP contribution >= 0.6 is 0 Å². The number of nitrogens with zero attached hydrogens (tertiary/aromatic N) is 1. The van der Waals surface area contributed by atoms with Crippen molar-refractivity contribution >= 4 is 16.2 Å². The lowest BCUT2D eigenvalue weighted by atomic mass is 9.87. The van der Waals surface area contributed by atoms with Crippen LogP contribution in [0.1, 0.15) is 37.5 Å². The quantitative estimate of drug-likeness (QED) is 0.801. The molecule has 0 heterocycles. The average molecular weight is 315 g/mol. The molecule has 0 saturated carbocycles. The van der Waals surface area contributed by atoms with Crippen molar-refractivity contribution in [3.05, 3.63) is 65.2 Å². The van der Waals surface area contributed by atoms with E-state index in [0.717, 1.165) is 11.1 Å². The van der Waals surface area contributed by atoms with E-state index >= 15 is 0 Å². The zero-order valence-corrected chi connectivity index (χ0v) is 14.2. The van der Waals surface area contributed by atoms with Gasteiger partial charge in [-0.25, -0.2) is 0 Å². The lowest BCUT2D eigenvalue weighted by molar-refractivity contribution is 0.590. The Morgan fingerprint density at radius 1 is 0.909 bits per heavy atom. The van der Waals surface area contributed by atoms with Crippen molar-refractivity contribution in [3.8, 4) is 0 Å². The molecule has 0 radical (unpaired) electrons. The van der Waals surface area contributed by atoms with Gasteiger partial charge in [-0.05, 0) is 35.6 Å². The molecule has 0 atom stereocenters. The van der Waals surface area contributed by atoms with Gasteiger partial charge in [-0.15, -0.1) is 0 Å². The molecule has 22 heavy (non-hydrogen) atoms. The highest BCUT2D eigenvalue weighted by atomic mass is 32.2. The van der Waals surface area contributed by atoms with Gasteiger partial charge >= 0.3 is 0 Å². The largest absolute Gasteiger partial charge is 0.282 e. The molecule has 0 aliphatic heterocycles. The van der Waals surface area contributed by atoms with E-state index in [1.54, 1.807) is 24.3 Å². The molecular weight excluding hydrogens is 294 g/mol. The molecular formula is C18H21NO2S. The highest BCUT2D eigenvalue weighted by Gasteiger charge is 2.13. The Morgan fingerprint density at radius 2 is 1.45 bits per heavy atom. The van der Waals surface area contributed by atoms with Gasteiger partial charge in [0.15, 0.2) is 0 Å². The maximum Gasteiger partial charge on any atom is 0.282 e. The molecule has 2 rings (SSSR count). The Morgan fingerprint density at radius 3 is 1.95 bits per heavy atom. The fourth-order valence-electron chi connectivity index (χ4n) is 1.97. The van der Waals surface area contributed by atoms with E-state index in [1.807, 2.05) is 31.2 Å². The summed E-state index contributed by atoms with van der Waals surface area (Å²) in [6.45, 7) is 8.32. The van der Waals surface area contributed by atoms with Crippen LogP contribution in [0.3, 0.4) is 0 Å². The first-order valence-corrected chi connectivity index (χ1v) is 8.60. The third kappa shape index (κ3) is 4.04. The smallest absolute Gasteiger partial charge is 0.199 e. The van der Waals surface area contributed by atoms with Crippen LogP contribution in [-0.4, -0.2) is 14.6 Å². The molecule has 0 unspecified atom stereocenters. The van der Waals surface area contributed by atoms with E-state index in [9.17, 15) is 8.42 Å². The van der Waals surface area contributed by atoms with E-state index in [0.29, 0.717) is 0 Å². The summed E-state index contributed by atoms with van der Waals surface area (Å²) in [5.74, 6) is 0. The zero-order chi connectivity index (χ0) is 16.4. The summed E-state index contributed by atoms with van der Waals surface area (Å²) in [7, 11) is -3.64. The van der Waals surface area contributed by atoms with Gasteiger partial charge < -0.3 is 0 Å².